The number of rotatable bonds is 5. The Morgan fingerprint density at radius 1 is 1.37 bits per heavy atom. The molecule has 1 atom stereocenters. The molecule has 1 saturated carbocycles. The zero-order chi connectivity index (χ0) is 13.9. The second-order valence-corrected chi connectivity index (χ2v) is 8.02. The summed E-state index contributed by atoms with van der Waals surface area (Å²) in [5, 5.41) is 0. The van der Waals surface area contributed by atoms with Gasteiger partial charge in [0, 0.05) is 12.4 Å². The average molecular weight is 278 g/mol. The minimum Gasteiger partial charge on any atom is -0.265 e. The number of hydrogen-bond donors (Lipinski definition) is 0. The third-order valence-corrected chi connectivity index (χ3v) is 4.65. The van der Waals surface area contributed by atoms with E-state index in [2.05, 4.69) is 9.38 Å². The summed E-state index contributed by atoms with van der Waals surface area (Å²) in [6.45, 7) is 5.87. The summed E-state index contributed by atoms with van der Waals surface area (Å²) in [6, 6.07) is 3.90. The maximum atomic E-state index is 12.2. The van der Waals surface area contributed by atoms with Gasteiger partial charge < -0.3 is 0 Å². The van der Waals surface area contributed by atoms with E-state index >= 15 is 0 Å². The van der Waals surface area contributed by atoms with Crippen LogP contribution < -0.4 is 0 Å². The van der Waals surface area contributed by atoms with Crippen molar-refractivity contribution in [1.29, 1.82) is 0 Å². The Morgan fingerprint density at radius 3 is 2.53 bits per heavy atom. The predicted octanol–water partition coefficient (Wildman–Crippen LogP) is 3.52. The number of hydrogen-bond acceptors (Lipinski definition) is 2. The molecule has 0 saturated heterocycles. The average Bonchev–Trinajstić information content (AvgIpc) is 3.18. The smallest absolute Gasteiger partial charge is 0.145 e. The van der Waals surface area contributed by atoms with E-state index in [1.165, 1.54) is 12.8 Å². The Labute approximate surface area is 118 Å². The third-order valence-electron chi connectivity index (χ3n) is 3.22. The van der Waals surface area contributed by atoms with E-state index in [0.717, 1.165) is 30.0 Å². The summed E-state index contributed by atoms with van der Waals surface area (Å²) in [5.41, 5.74) is 2.01. The maximum absolute atomic E-state index is 12.2. The highest BCUT2D eigenvalue weighted by atomic mass is 32.2. The molecule has 0 aliphatic heterocycles. The van der Waals surface area contributed by atoms with Crippen LogP contribution in [0.2, 0.25) is 0 Å². The molecule has 1 unspecified atom stereocenters. The SMILES string of the molecule is CC(C)(C)S(=O)/N=C(/CCC1CC1)c1ccncc1. The van der Waals surface area contributed by atoms with E-state index in [0.29, 0.717) is 0 Å². The van der Waals surface area contributed by atoms with Crippen molar-refractivity contribution in [2.75, 3.05) is 0 Å². The summed E-state index contributed by atoms with van der Waals surface area (Å²) in [7, 11) is -1.19. The fourth-order valence-electron chi connectivity index (χ4n) is 1.77. The second-order valence-electron chi connectivity index (χ2n) is 6.12. The van der Waals surface area contributed by atoms with Gasteiger partial charge in [0.15, 0.2) is 0 Å². The first kappa shape index (κ1) is 14.4. The predicted molar refractivity (Wildman–Crippen MR) is 80.6 cm³/mol. The minimum absolute atomic E-state index is 0.308. The Morgan fingerprint density at radius 2 is 2.00 bits per heavy atom. The highest BCUT2D eigenvalue weighted by Crippen LogP contribution is 2.34. The van der Waals surface area contributed by atoms with E-state index in [4.69, 9.17) is 0 Å². The summed E-state index contributed by atoms with van der Waals surface area (Å²) in [5.74, 6) is 0.857. The van der Waals surface area contributed by atoms with Crippen LogP contribution in [0.4, 0.5) is 0 Å². The standard InChI is InChI=1S/C15H22N2OS/c1-15(2,3)19(18)17-14(7-6-12-4-5-12)13-8-10-16-11-9-13/h8-12H,4-7H2,1-3H3/b17-14-. The Bertz CT molecular complexity index is 473. The zero-order valence-corrected chi connectivity index (χ0v) is 12.7. The first-order valence-corrected chi connectivity index (χ1v) is 7.97. The molecule has 0 N–H and O–H groups in total. The molecule has 0 amide bonds. The number of pyridine rings is 1. The molecule has 1 aliphatic carbocycles. The van der Waals surface area contributed by atoms with Crippen LogP contribution in [0.15, 0.2) is 28.9 Å². The van der Waals surface area contributed by atoms with Crippen LogP contribution >= 0.6 is 0 Å². The lowest BCUT2D eigenvalue weighted by Crippen LogP contribution is -2.21. The molecule has 1 aromatic heterocycles. The van der Waals surface area contributed by atoms with Gasteiger partial charge in [0.1, 0.15) is 11.0 Å². The fourth-order valence-corrected chi connectivity index (χ4v) is 2.44. The summed E-state index contributed by atoms with van der Waals surface area (Å²) in [6.07, 6.45) is 8.28. The van der Waals surface area contributed by atoms with Crippen LogP contribution in [-0.2, 0) is 11.0 Å². The quantitative estimate of drug-likeness (QED) is 0.773. The van der Waals surface area contributed by atoms with Crippen molar-refractivity contribution in [2.45, 2.75) is 51.2 Å². The Hall–Kier alpha value is -1.03. The van der Waals surface area contributed by atoms with Gasteiger partial charge in [-0.2, -0.15) is 4.40 Å². The van der Waals surface area contributed by atoms with Gasteiger partial charge in [0.05, 0.1) is 10.5 Å². The molecule has 19 heavy (non-hydrogen) atoms. The minimum atomic E-state index is -1.19. The van der Waals surface area contributed by atoms with Crippen LogP contribution in [-0.4, -0.2) is 19.7 Å². The summed E-state index contributed by atoms with van der Waals surface area (Å²) >= 11 is 0. The van der Waals surface area contributed by atoms with Crippen LogP contribution in [0.5, 0.6) is 0 Å². The van der Waals surface area contributed by atoms with E-state index < -0.39 is 11.0 Å². The summed E-state index contributed by atoms with van der Waals surface area (Å²) < 4.78 is 16.4. The summed E-state index contributed by atoms with van der Waals surface area (Å²) in [4.78, 5) is 4.03. The van der Waals surface area contributed by atoms with Crippen molar-refractivity contribution >= 4 is 16.7 Å². The molecule has 0 spiro atoms. The molecular weight excluding hydrogens is 256 g/mol. The lowest BCUT2D eigenvalue weighted by Gasteiger charge is -2.15. The lowest BCUT2D eigenvalue weighted by atomic mass is 10.1. The molecule has 104 valence electrons. The van der Waals surface area contributed by atoms with Crippen LogP contribution in [0, 0.1) is 5.92 Å². The van der Waals surface area contributed by atoms with E-state index in [1.807, 2.05) is 32.9 Å². The van der Waals surface area contributed by atoms with Gasteiger partial charge in [-0.15, -0.1) is 0 Å². The Kier molecular flexibility index (Phi) is 4.50. The van der Waals surface area contributed by atoms with Crippen molar-refractivity contribution in [3.63, 3.8) is 0 Å². The van der Waals surface area contributed by atoms with Crippen molar-refractivity contribution in [1.82, 2.24) is 4.98 Å². The fraction of sp³-hybridized carbons (Fsp3) is 0.600. The molecule has 0 aromatic carbocycles. The second kappa shape index (κ2) is 5.95. The van der Waals surface area contributed by atoms with Crippen molar-refractivity contribution in [2.24, 2.45) is 10.3 Å². The largest absolute Gasteiger partial charge is 0.265 e. The lowest BCUT2D eigenvalue weighted by molar-refractivity contribution is 0.650. The normalized spacial score (nSPS) is 18.4. The van der Waals surface area contributed by atoms with Crippen molar-refractivity contribution in [3.05, 3.63) is 30.1 Å². The molecular formula is C15H22N2OS. The molecule has 1 aromatic rings. The molecule has 2 rings (SSSR count). The maximum Gasteiger partial charge on any atom is 0.145 e. The number of aromatic nitrogens is 1. The third kappa shape index (κ3) is 4.53. The van der Waals surface area contributed by atoms with Crippen LogP contribution in [0.1, 0.15) is 52.0 Å². The molecule has 0 bridgehead atoms. The molecule has 3 nitrogen and oxygen atoms in total. The molecule has 4 heteroatoms. The molecule has 0 radical (unpaired) electrons. The zero-order valence-electron chi connectivity index (χ0n) is 11.9. The number of nitrogens with zero attached hydrogens (tertiary/aromatic N) is 2. The topological polar surface area (TPSA) is 42.3 Å². The van der Waals surface area contributed by atoms with Gasteiger partial charge in [-0.25, -0.2) is 4.21 Å². The van der Waals surface area contributed by atoms with Gasteiger partial charge in [-0.3, -0.25) is 4.98 Å². The monoisotopic (exact) mass is 278 g/mol. The van der Waals surface area contributed by atoms with Crippen molar-refractivity contribution < 1.29 is 4.21 Å². The van der Waals surface area contributed by atoms with Gasteiger partial charge in [-0.05, 0) is 57.2 Å². The highest BCUT2D eigenvalue weighted by molar-refractivity contribution is 7.85. The molecule has 1 heterocycles. The first-order valence-electron chi connectivity index (χ1n) is 6.87. The van der Waals surface area contributed by atoms with Gasteiger partial charge >= 0.3 is 0 Å². The molecule has 1 aliphatic rings. The highest BCUT2D eigenvalue weighted by Gasteiger charge is 2.23. The van der Waals surface area contributed by atoms with E-state index in [1.54, 1.807) is 12.4 Å². The van der Waals surface area contributed by atoms with E-state index in [9.17, 15) is 4.21 Å². The van der Waals surface area contributed by atoms with Crippen molar-refractivity contribution in [3.8, 4) is 0 Å². The van der Waals surface area contributed by atoms with Gasteiger partial charge in [-0.1, -0.05) is 12.8 Å². The van der Waals surface area contributed by atoms with E-state index in [-0.39, 0.29) is 4.75 Å². The molecule has 1 fully saturated rings. The van der Waals surface area contributed by atoms with Gasteiger partial charge in [0.2, 0.25) is 0 Å². The van der Waals surface area contributed by atoms with Gasteiger partial charge in [0.25, 0.3) is 0 Å². The Balaban J connectivity index is 2.17. The van der Waals surface area contributed by atoms with Crippen LogP contribution in [0.25, 0.3) is 0 Å². The van der Waals surface area contributed by atoms with Crippen LogP contribution in [0.3, 0.4) is 0 Å². The first-order chi connectivity index (χ1) is 8.97.